The predicted octanol–water partition coefficient (Wildman–Crippen LogP) is 21.1. The second kappa shape index (κ2) is 20.3. The Bertz CT molecular complexity index is 4790. The van der Waals surface area contributed by atoms with Gasteiger partial charge in [-0.15, -0.1) is 0 Å². The van der Waals surface area contributed by atoms with Crippen molar-refractivity contribution in [3.8, 4) is 90.3 Å². The highest BCUT2D eigenvalue weighted by atomic mass is 19.4. The number of nitriles is 2. The summed E-state index contributed by atoms with van der Waals surface area (Å²) < 4.78 is 47.5. The van der Waals surface area contributed by atoms with Gasteiger partial charge in [0.2, 0.25) is 0 Å². The van der Waals surface area contributed by atoms with Gasteiger partial charge in [0.25, 0.3) is 0 Å². The van der Waals surface area contributed by atoms with Crippen molar-refractivity contribution < 1.29 is 13.2 Å². The molecule has 13 aromatic rings. The summed E-state index contributed by atoms with van der Waals surface area (Å²) in [6.07, 6.45) is -4.65. The van der Waals surface area contributed by atoms with Gasteiger partial charge in [0.05, 0.1) is 62.3 Å². The van der Waals surface area contributed by atoms with E-state index in [9.17, 15) is 23.7 Å². The van der Waals surface area contributed by atoms with Crippen LogP contribution in [0.4, 0.5) is 13.2 Å². The number of benzene rings is 11. The molecule has 0 saturated heterocycles. The highest BCUT2D eigenvalue weighted by Gasteiger charge is 2.32. The lowest BCUT2D eigenvalue weighted by molar-refractivity contribution is -0.137. The largest absolute Gasteiger partial charge is 0.416 e. The zero-order valence-electron chi connectivity index (χ0n) is 48.0. The number of hydrogen-bond donors (Lipinski definition) is 0. The number of aromatic nitrogens is 2. The first-order chi connectivity index (χ1) is 40.4. The maximum Gasteiger partial charge on any atom is 0.416 e. The van der Waals surface area contributed by atoms with Crippen molar-refractivity contribution >= 4 is 43.6 Å². The molecule has 4 nitrogen and oxygen atoms in total. The molecule has 0 aliphatic carbocycles. The summed E-state index contributed by atoms with van der Waals surface area (Å²) in [5.74, 6) is 0. The molecule has 84 heavy (non-hydrogen) atoms. The molecule has 0 bridgehead atoms. The quantitative estimate of drug-likeness (QED) is 0.152. The molecule has 2 heterocycles. The molecule has 0 fully saturated rings. The van der Waals surface area contributed by atoms with E-state index in [0.29, 0.717) is 27.8 Å². The van der Waals surface area contributed by atoms with Gasteiger partial charge in [-0.1, -0.05) is 131 Å². The van der Waals surface area contributed by atoms with Gasteiger partial charge >= 0.3 is 6.18 Å². The molecule has 0 saturated carbocycles. The van der Waals surface area contributed by atoms with E-state index in [-0.39, 0.29) is 5.56 Å². The summed E-state index contributed by atoms with van der Waals surface area (Å²) >= 11 is 0. The van der Waals surface area contributed by atoms with Crippen LogP contribution in [0.25, 0.3) is 122 Å². The molecule has 0 aliphatic heterocycles. The molecular weight excluding hydrogens is 1040 g/mol. The maximum absolute atomic E-state index is 14.3. The van der Waals surface area contributed by atoms with Crippen LogP contribution < -0.4 is 0 Å². The second-order valence-electron chi connectivity index (χ2n) is 22.8. The van der Waals surface area contributed by atoms with Crippen molar-refractivity contribution in [1.82, 2.24) is 9.13 Å². The minimum Gasteiger partial charge on any atom is -0.309 e. The molecule has 0 spiro atoms. The molecule has 0 aliphatic rings. The first-order valence-corrected chi connectivity index (χ1v) is 28.2. The number of nitrogens with zero attached hydrogens (tertiary/aromatic N) is 4. The molecule has 7 heteroatoms. The Hall–Kier alpha value is -10.2. The van der Waals surface area contributed by atoms with Crippen LogP contribution in [0, 0.1) is 78.1 Å². The summed E-state index contributed by atoms with van der Waals surface area (Å²) in [6, 6.07) is 72.4. The SMILES string of the molecule is Cc1ccc(-c2ccc3c(c2)c2cc(-c4ccc(C)cc4C)ccc2n3-c2ccc(C#N)cc2-c2cc(-c3ccc(C(F)(F)F)cc3C#N)ccc2-n2c3ccc(-c4ccc(C)cc4C)cc3c3cc(-c4ccc(C)cc4C)ccc32)c(C)c1. The van der Waals surface area contributed by atoms with Gasteiger partial charge in [-0.2, -0.15) is 23.7 Å². The van der Waals surface area contributed by atoms with Crippen LogP contribution >= 0.6 is 0 Å². The van der Waals surface area contributed by atoms with E-state index < -0.39 is 11.7 Å². The number of halogens is 3. The van der Waals surface area contributed by atoms with Gasteiger partial charge in [-0.25, -0.2) is 0 Å². The standard InChI is InChI=1S/C77H57F3N4/c1-44-9-20-60(48(5)31-44)53-14-26-73-67(37-53)68-38-54(61-21-10-45(2)32-49(61)6)15-27-74(68)83(73)71-25-13-52(42-81)35-65(71)66-41-57(64-24-19-59(77(78,79)80)36-58(64)43-82)18-30-72(66)84-75-28-16-55(62-22-11-46(3)33-50(62)7)39-69(75)70-40-56(17-29-76(70)84)63-23-12-47(4)34-51(63)8/h9-41H,1-8H3. The van der Waals surface area contributed by atoms with Crippen molar-refractivity contribution in [2.45, 2.75) is 61.6 Å². The monoisotopic (exact) mass is 1090 g/mol. The molecule has 13 rings (SSSR count). The Labute approximate surface area is 487 Å². The number of rotatable bonds is 8. The van der Waals surface area contributed by atoms with Crippen LogP contribution in [-0.4, -0.2) is 9.13 Å². The molecule has 0 unspecified atom stereocenters. The van der Waals surface area contributed by atoms with Crippen LogP contribution in [0.2, 0.25) is 0 Å². The first kappa shape index (κ1) is 53.1. The van der Waals surface area contributed by atoms with E-state index in [1.165, 1.54) is 50.6 Å². The van der Waals surface area contributed by atoms with Gasteiger partial charge < -0.3 is 9.13 Å². The van der Waals surface area contributed by atoms with Crippen molar-refractivity contribution in [1.29, 1.82) is 10.5 Å². The first-order valence-electron chi connectivity index (χ1n) is 28.2. The maximum atomic E-state index is 14.3. The van der Waals surface area contributed by atoms with Crippen molar-refractivity contribution in [2.75, 3.05) is 0 Å². The Morgan fingerprint density at radius 3 is 0.988 bits per heavy atom. The molecule has 0 N–H and O–H groups in total. The minimum atomic E-state index is -4.65. The molecule has 406 valence electrons. The molecule has 11 aromatic carbocycles. The normalized spacial score (nSPS) is 11.7. The van der Waals surface area contributed by atoms with E-state index >= 15 is 0 Å². The lowest BCUT2D eigenvalue weighted by atomic mass is 9.92. The van der Waals surface area contributed by atoms with Crippen LogP contribution in [0.15, 0.2) is 200 Å². The summed E-state index contributed by atoms with van der Waals surface area (Å²) in [5, 5.41) is 25.6. The number of aryl methyl sites for hydroxylation is 8. The summed E-state index contributed by atoms with van der Waals surface area (Å²) in [4.78, 5) is 0. The molecule has 0 amide bonds. The van der Waals surface area contributed by atoms with Gasteiger partial charge in [-0.3, -0.25) is 0 Å². The molecule has 0 atom stereocenters. The average molecular weight is 1100 g/mol. The van der Waals surface area contributed by atoms with Gasteiger partial charge in [0.15, 0.2) is 0 Å². The van der Waals surface area contributed by atoms with E-state index in [4.69, 9.17) is 0 Å². The fourth-order valence-corrected chi connectivity index (χ4v) is 13.0. The van der Waals surface area contributed by atoms with Crippen LogP contribution in [0.3, 0.4) is 0 Å². The van der Waals surface area contributed by atoms with Crippen molar-refractivity contribution in [3.05, 3.63) is 261 Å². The third-order valence-corrected chi connectivity index (χ3v) is 17.0. The molecule has 2 aromatic heterocycles. The lowest BCUT2D eigenvalue weighted by Gasteiger charge is -2.21. The molecule has 0 radical (unpaired) electrons. The van der Waals surface area contributed by atoms with E-state index in [1.807, 2.05) is 36.4 Å². The lowest BCUT2D eigenvalue weighted by Crippen LogP contribution is -2.05. The smallest absolute Gasteiger partial charge is 0.309 e. The molecular formula is C77H57F3N4. The Morgan fingerprint density at radius 2 is 0.643 bits per heavy atom. The predicted molar refractivity (Wildman–Crippen MR) is 340 cm³/mol. The highest BCUT2D eigenvalue weighted by Crippen LogP contribution is 2.46. The summed E-state index contributed by atoms with van der Waals surface area (Å²) in [6.45, 7) is 17.0. The fourth-order valence-electron chi connectivity index (χ4n) is 13.0. The Morgan fingerprint density at radius 1 is 0.310 bits per heavy atom. The van der Waals surface area contributed by atoms with Crippen LogP contribution in [0.5, 0.6) is 0 Å². The number of hydrogen-bond acceptors (Lipinski definition) is 2. The summed E-state index contributed by atoms with van der Waals surface area (Å²) in [5.41, 5.74) is 25.4. The Balaban J connectivity index is 1.13. The third-order valence-electron chi connectivity index (χ3n) is 17.0. The zero-order chi connectivity index (χ0) is 58.5. The van der Waals surface area contributed by atoms with Gasteiger partial charge in [0.1, 0.15) is 0 Å². The van der Waals surface area contributed by atoms with Gasteiger partial charge in [0, 0.05) is 32.7 Å². The van der Waals surface area contributed by atoms with Crippen LogP contribution in [-0.2, 0) is 6.18 Å². The third kappa shape index (κ3) is 9.10. The minimum absolute atomic E-state index is 0.106. The van der Waals surface area contributed by atoms with E-state index in [2.05, 4.69) is 222 Å². The zero-order valence-corrected chi connectivity index (χ0v) is 48.0. The second-order valence-corrected chi connectivity index (χ2v) is 22.8. The van der Waals surface area contributed by atoms with Crippen molar-refractivity contribution in [2.24, 2.45) is 0 Å². The van der Waals surface area contributed by atoms with Crippen LogP contribution in [0.1, 0.15) is 61.2 Å². The van der Waals surface area contributed by atoms with E-state index in [0.717, 1.165) is 112 Å². The summed E-state index contributed by atoms with van der Waals surface area (Å²) in [7, 11) is 0. The fraction of sp³-hybridized carbons (Fsp3) is 0.117. The van der Waals surface area contributed by atoms with Crippen molar-refractivity contribution in [3.63, 3.8) is 0 Å². The Kier molecular flexibility index (Phi) is 12.9. The van der Waals surface area contributed by atoms with E-state index in [1.54, 1.807) is 0 Å². The number of alkyl halides is 3. The topological polar surface area (TPSA) is 57.4 Å². The average Bonchev–Trinajstić information content (AvgIpc) is 1.88. The highest BCUT2D eigenvalue weighted by molar-refractivity contribution is 6.14. The number of fused-ring (bicyclic) bond motifs is 6. The van der Waals surface area contributed by atoms with Gasteiger partial charge in [-0.05, 0) is 224 Å².